The molecular formula is C14H10BrN5O3S. The van der Waals surface area contributed by atoms with Crippen molar-refractivity contribution in [2.45, 2.75) is 6.92 Å². The third kappa shape index (κ3) is 3.19. The molecule has 0 amide bonds. The van der Waals surface area contributed by atoms with E-state index in [2.05, 4.69) is 31.2 Å². The summed E-state index contributed by atoms with van der Waals surface area (Å²) < 4.78 is 8.13. The largest absolute Gasteiger partial charge is 0.455 e. The highest BCUT2D eigenvalue weighted by Gasteiger charge is 2.13. The highest BCUT2D eigenvalue weighted by molar-refractivity contribution is 9.10. The number of aromatic amines is 1. The van der Waals surface area contributed by atoms with Crippen LogP contribution in [-0.2, 0) is 0 Å². The van der Waals surface area contributed by atoms with E-state index in [0.29, 0.717) is 32.2 Å². The Balaban J connectivity index is 1.89. The summed E-state index contributed by atoms with van der Waals surface area (Å²) in [5.74, 6) is 1.70. The van der Waals surface area contributed by atoms with E-state index in [4.69, 9.17) is 16.6 Å². The average molecular weight is 408 g/mol. The molecule has 2 aromatic heterocycles. The fourth-order valence-electron chi connectivity index (χ4n) is 2.01. The SMILES string of the molecule is Cc1n[nH]c(=S)n1/N=C\c1ccc(-c2ccc([N+](=O)[O-])cc2Br)o1. The smallest absolute Gasteiger partial charge is 0.270 e. The predicted molar refractivity (Wildman–Crippen MR) is 93.6 cm³/mol. The van der Waals surface area contributed by atoms with Gasteiger partial charge in [-0.2, -0.15) is 14.9 Å². The number of benzene rings is 1. The minimum absolute atomic E-state index is 0.00350. The van der Waals surface area contributed by atoms with Crippen LogP contribution >= 0.6 is 28.1 Å². The molecule has 1 aromatic carbocycles. The van der Waals surface area contributed by atoms with Crippen molar-refractivity contribution < 1.29 is 9.34 Å². The Morgan fingerprint density at radius 3 is 2.88 bits per heavy atom. The summed E-state index contributed by atoms with van der Waals surface area (Å²) >= 11 is 8.38. The van der Waals surface area contributed by atoms with Gasteiger partial charge in [0.15, 0.2) is 0 Å². The zero-order valence-corrected chi connectivity index (χ0v) is 14.7. The molecule has 10 heteroatoms. The van der Waals surface area contributed by atoms with Crippen LogP contribution in [0.2, 0.25) is 0 Å². The van der Waals surface area contributed by atoms with Gasteiger partial charge in [-0.3, -0.25) is 15.2 Å². The van der Waals surface area contributed by atoms with Gasteiger partial charge < -0.3 is 4.42 Å². The molecule has 0 atom stereocenters. The fourth-order valence-corrected chi connectivity index (χ4v) is 2.79. The Labute approximate surface area is 149 Å². The molecular weight excluding hydrogens is 398 g/mol. The van der Waals surface area contributed by atoms with Crippen LogP contribution in [-0.4, -0.2) is 26.0 Å². The molecule has 3 aromatic rings. The number of hydrogen-bond donors (Lipinski definition) is 1. The van der Waals surface area contributed by atoms with E-state index in [0.717, 1.165) is 0 Å². The van der Waals surface area contributed by atoms with Gasteiger partial charge >= 0.3 is 0 Å². The van der Waals surface area contributed by atoms with Crippen molar-refractivity contribution >= 4 is 40.0 Å². The molecule has 122 valence electrons. The van der Waals surface area contributed by atoms with Crippen LogP contribution in [0.25, 0.3) is 11.3 Å². The van der Waals surface area contributed by atoms with Gasteiger partial charge in [0.25, 0.3) is 5.69 Å². The molecule has 0 fully saturated rings. The first kappa shape index (κ1) is 16.3. The molecule has 0 aliphatic carbocycles. The van der Waals surface area contributed by atoms with Gasteiger partial charge in [0, 0.05) is 22.2 Å². The van der Waals surface area contributed by atoms with Crippen molar-refractivity contribution in [1.29, 1.82) is 0 Å². The van der Waals surface area contributed by atoms with Gasteiger partial charge in [-0.05, 0) is 53.3 Å². The molecule has 2 heterocycles. The molecule has 3 rings (SSSR count). The minimum Gasteiger partial charge on any atom is -0.455 e. The molecule has 24 heavy (non-hydrogen) atoms. The van der Waals surface area contributed by atoms with Gasteiger partial charge in [0.1, 0.15) is 17.3 Å². The van der Waals surface area contributed by atoms with Crippen molar-refractivity contribution in [1.82, 2.24) is 14.9 Å². The van der Waals surface area contributed by atoms with Crippen LogP contribution in [0.4, 0.5) is 5.69 Å². The standard InChI is InChI=1S/C14H10BrN5O3S/c1-8-17-18-14(24)19(8)16-7-10-3-5-13(23-10)11-4-2-9(20(21)22)6-12(11)15/h2-7H,1H3,(H,18,24)/b16-7-. The first-order chi connectivity index (χ1) is 11.5. The van der Waals surface area contributed by atoms with Crippen LogP contribution in [0.15, 0.2) is 44.3 Å². The van der Waals surface area contributed by atoms with E-state index in [1.807, 2.05) is 0 Å². The zero-order valence-electron chi connectivity index (χ0n) is 12.3. The summed E-state index contributed by atoms with van der Waals surface area (Å²) in [5, 5.41) is 21.6. The fraction of sp³-hybridized carbons (Fsp3) is 0.0714. The molecule has 1 N–H and O–H groups in total. The number of halogens is 1. The average Bonchev–Trinajstić information content (AvgIpc) is 3.13. The number of hydrogen-bond acceptors (Lipinski definition) is 6. The van der Waals surface area contributed by atoms with Crippen molar-refractivity contribution in [2.24, 2.45) is 5.10 Å². The number of rotatable bonds is 4. The Hall–Kier alpha value is -2.59. The normalized spacial score (nSPS) is 11.2. The monoisotopic (exact) mass is 407 g/mol. The summed E-state index contributed by atoms with van der Waals surface area (Å²) in [6.45, 7) is 1.77. The number of non-ortho nitro benzene ring substituents is 1. The number of nitrogens with zero attached hydrogens (tertiary/aromatic N) is 4. The predicted octanol–water partition coefficient (Wildman–Crippen LogP) is 4.06. The number of nitro benzene ring substituents is 1. The van der Waals surface area contributed by atoms with Crippen LogP contribution in [0.3, 0.4) is 0 Å². The number of aryl methyl sites for hydroxylation is 1. The summed E-state index contributed by atoms with van der Waals surface area (Å²) in [4.78, 5) is 10.3. The van der Waals surface area contributed by atoms with E-state index < -0.39 is 4.92 Å². The Kier molecular flexibility index (Phi) is 4.40. The van der Waals surface area contributed by atoms with E-state index in [1.54, 1.807) is 25.1 Å². The summed E-state index contributed by atoms with van der Waals surface area (Å²) in [5.41, 5.74) is 0.708. The molecule has 0 unspecified atom stereocenters. The quantitative estimate of drug-likeness (QED) is 0.304. The summed E-state index contributed by atoms with van der Waals surface area (Å²) in [7, 11) is 0. The Bertz CT molecular complexity index is 1000. The molecule has 0 saturated heterocycles. The van der Waals surface area contributed by atoms with Gasteiger partial charge in [0.05, 0.1) is 11.1 Å². The highest BCUT2D eigenvalue weighted by atomic mass is 79.9. The maximum absolute atomic E-state index is 10.8. The third-order valence-electron chi connectivity index (χ3n) is 3.17. The second-order valence-electron chi connectivity index (χ2n) is 4.76. The second-order valence-corrected chi connectivity index (χ2v) is 6.00. The second kappa shape index (κ2) is 6.49. The van der Waals surface area contributed by atoms with Gasteiger partial charge in [-0.1, -0.05) is 0 Å². The number of furan rings is 1. The highest BCUT2D eigenvalue weighted by Crippen LogP contribution is 2.32. The number of nitrogens with one attached hydrogen (secondary N) is 1. The third-order valence-corrected chi connectivity index (χ3v) is 4.09. The lowest BCUT2D eigenvalue weighted by Crippen LogP contribution is -1.93. The van der Waals surface area contributed by atoms with Crippen LogP contribution in [0, 0.1) is 21.8 Å². The molecule has 0 bridgehead atoms. The van der Waals surface area contributed by atoms with E-state index in [-0.39, 0.29) is 5.69 Å². The Morgan fingerprint density at radius 1 is 1.46 bits per heavy atom. The van der Waals surface area contributed by atoms with Crippen molar-refractivity contribution in [3.05, 3.63) is 61.3 Å². The molecule has 8 nitrogen and oxygen atoms in total. The van der Waals surface area contributed by atoms with Gasteiger partial charge in [-0.15, -0.1) is 0 Å². The minimum atomic E-state index is -0.453. The maximum atomic E-state index is 10.8. The summed E-state index contributed by atoms with van der Waals surface area (Å²) in [6, 6.07) is 7.98. The van der Waals surface area contributed by atoms with E-state index >= 15 is 0 Å². The summed E-state index contributed by atoms with van der Waals surface area (Å²) in [6.07, 6.45) is 1.51. The molecule has 0 aliphatic rings. The topological polar surface area (TPSA) is 102 Å². The number of nitro groups is 1. The molecule has 0 spiro atoms. The number of H-pyrrole nitrogens is 1. The van der Waals surface area contributed by atoms with E-state index in [1.165, 1.54) is 23.0 Å². The van der Waals surface area contributed by atoms with Crippen molar-refractivity contribution in [3.8, 4) is 11.3 Å². The zero-order chi connectivity index (χ0) is 17.3. The lowest BCUT2D eigenvalue weighted by Gasteiger charge is -2.00. The van der Waals surface area contributed by atoms with Crippen LogP contribution in [0.5, 0.6) is 0 Å². The van der Waals surface area contributed by atoms with Crippen LogP contribution < -0.4 is 0 Å². The first-order valence-electron chi connectivity index (χ1n) is 6.68. The first-order valence-corrected chi connectivity index (χ1v) is 7.88. The maximum Gasteiger partial charge on any atom is 0.270 e. The lowest BCUT2D eigenvalue weighted by atomic mass is 10.1. The van der Waals surface area contributed by atoms with E-state index in [9.17, 15) is 10.1 Å². The van der Waals surface area contributed by atoms with Gasteiger partial charge in [0.2, 0.25) is 4.77 Å². The molecule has 0 radical (unpaired) electrons. The van der Waals surface area contributed by atoms with Crippen LogP contribution in [0.1, 0.15) is 11.6 Å². The molecule has 0 aliphatic heterocycles. The lowest BCUT2D eigenvalue weighted by molar-refractivity contribution is -0.384. The van der Waals surface area contributed by atoms with Gasteiger partial charge in [-0.25, -0.2) is 0 Å². The van der Waals surface area contributed by atoms with Crippen molar-refractivity contribution in [3.63, 3.8) is 0 Å². The molecule has 0 saturated carbocycles. The van der Waals surface area contributed by atoms with Crippen molar-refractivity contribution in [2.75, 3.05) is 0 Å². The Morgan fingerprint density at radius 2 is 2.25 bits per heavy atom. The number of aromatic nitrogens is 3.